The summed E-state index contributed by atoms with van der Waals surface area (Å²) < 4.78 is 10.6. The normalized spacial score (nSPS) is 19.6. The second-order valence-corrected chi connectivity index (χ2v) is 5.81. The Hall–Kier alpha value is -2.90. The van der Waals surface area contributed by atoms with Crippen LogP contribution >= 0.6 is 0 Å². The lowest BCUT2D eigenvalue weighted by Crippen LogP contribution is -2.47. The van der Waals surface area contributed by atoms with Crippen molar-refractivity contribution >= 4 is 23.7 Å². The van der Waals surface area contributed by atoms with Gasteiger partial charge in [-0.1, -0.05) is 6.42 Å². The molecule has 1 aliphatic carbocycles. The maximum Gasteiger partial charge on any atom is 0.348 e. The lowest BCUT2D eigenvalue weighted by Gasteiger charge is -2.38. The van der Waals surface area contributed by atoms with E-state index in [1.807, 2.05) is 0 Å². The van der Waals surface area contributed by atoms with E-state index >= 15 is 0 Å². The Kier molecular flexibility index (Phi) is 3.96. The van der Waals surface area contributed by atoms with Gasteiger partial charge in [0, 0.05) is 30.5 Å². The van der Waals surface area contributed by atoms with Crippen molar-refractivity contribution in [2.24, 2.45) is 0 Å². The number of benzene rings is 1. The summed E-state index contributed by atoms with van der Waals surface area (Å²) in [4.78, 5) is 34.6. The van der Waals surface area contributed by atoms with Gasteiger partial charge in [0.15, 0.2) is 0 Å². The minimum absolute atomic E-state index is 0.0345. The van der Waals surface area contributed by atoms with E-state index in [1.54, 1.807) is 0 Å². The van der Waals surface area contributed by atoms with E-state index < -0.39 is 28.2 Å². The molecule has 1 aliphatic heterocycles. The summed E-state index contributed by atoms with van der Waals surface area (Å²) in [5, 5.41) is 20.6. The molecule has 2 aliphatic rings. The van der Waals surface area contributed by atoms with E-state index in [1.165, 1.54) is 0 Å². The quantitative estimate of drug-likeness (QED) is 0.290. The number of nitrogens with zero attached hydrogens (tertiary/aromatic N) is 1. The maximum absolute atomic E-state index is 12.2. The van der Waals surface area contributed by atoms with Crippen molar-refractivity contribution in [3.63, 3.8) is 0 Å². The molecule has 1 heterocycles. The van der Waals surface area contributed by atoms with Gasteiger partial charge in [0.2, 0.25) is 0 Å². The average molecular weight is 333 g/mol. The van der Waals surface area contributed by atoms with Gasteiger partial charge < -0.3 is 14.6 Å². The maximum atomic E-state index is 12.2. The first-order valence-electron chi connectivity index (χ1n) is 7.56. The SMILES string of the molecule is O=C1OC2(CCCCC2)OC(=O)C1=Cc1cc([N+](=O)[O-])ccc1O. The zero-order valence-corrected chi connectivity index (χ0v) is 12.7. The van der Waals surface area contributed by atoms with Crippen molar-refractivity contribution in [3.8, 4) is 5.75 Å². The van der Waals surface area contributed by atoms with Crippen molar-refractivity contribution in [3.05, 3.63) is 39.4 Å². The topological polar surface area (TPSA) is 116 Å². The van der Waals surface area contributed by atoms with Crippen LogP contribution in [0.2, 0.25) is 0 Å². The largest absolute Gasteiger partial charge is 0.507 e. The Morgan fingerprint density at radius 3 is 2.33 bits per heavy atom. The predicted molar refractivity (Wildman–Crippen MR) is 80.7 cm³/mol. The van der Waals surface area contributed by atoms with E-state index in [0.717, 1.165) is 43.5 Å². The number of phenols is 1. The second-order valence-electron chi connectivity index (χ2n) is 5.81. The molecule has 24 heavy (non-hydrogen) atoms. The van der Waals surface area contributed by atoms with Crippen LogP contribution in [0, 0.1) is 10.1 Å². The molecule has 8 nitrogen and oxygen atoms in total. The number of nitro groups is 1. The lowest BCUT2D eigenvalue weighted by atomic mass is 9.93. The highest BCUT2D eigenvalue weighted by molar-refractivity contribution is 6.19. The summed E-state index contributed by atoms with van der Waals surface area (Å²) in [6.07, 6.45) is 4.54. The molecular formula is C16H15NO7. The van der Waals surface area contributed by atoms with Gasteiger partial charge in [-0.25, -0.2) is 9.59 Å². The minimum Gasteiger partial charge on any atom is -0.507 e. The van der Waals surface area contributed by atoms with Crippen LogP contribution in [0.3, 0.4) is 0 Å². The summed E-state index contributed by atoms with van der Waals surface area (Å²) in [5.74, 6) is -3.20. The van der Waals surface area contributed by atoms with Gasteiger partial charge >= 0.3 is 11.9 Å². The van der Waals surface area contributed by atoms with Gasteiger partial charge in [-0.3, -0.25) is 10.1 Å². The first kappa shape index (κ1) is 16.0. The van der Waals surface area contributed by atoms with Gasteiger partial charge in [-0.05, 0) is 25.0 Å². The number of carbonyl (C=O) groups is 2. The standard InChI is InChI=1S/C16H15NO7/c18-13-5-4-11(17(21)22)8-10(13)9-12-14(19)23-16(24-15(12)20)6-2-1-3-7-16/h4-5,8-9,18H,1-3,6-7H2. The summed E-state index contributed by atoms with van der Waals surface area (Å²) in [7, 11) is 0. The van der Waals surface area contributed by atoms with Gasteiger partial charge in [0.25, 0.3) is 11.5 Å². The number of ether oxygens (including phenoxy) is 2. The molecule has 3 rings (SSSR count). The van der Waals surface area contributed by atoms with Crippen LogP contribution in [0.1, 0.15) is 37.7 Å². The third-order valence-electron chi connectivity index (χ3n) is 4.13. The van der Waals surface area contributed by atoms with Gasteiger partial charge in [-0.2, -0.15) is 0 Å². The van der Waals surface area contributed by atoms with E-state index in [2.05, 4.69) is 0 Å². The fourth-order valence-corrected chi connectivity index (χ4v) is 2.89. The number of phenolic OH excluding ortho intramolecular Hbond substituents is 1. The molecule has 0 amide bonds. The van der Waals surface area contributed by atoms with Crippen LogP contribution in [0.25, 0.3) is 6.08 Å². The zero-order chi connectivity index (χ0) is 17.3. The molecule has 0 radical (unpaired) electrons. The number of carbonyl (C=O) groups excluding carboxylic acids is 2. The molecule has 0 unspecified atom stereocenters. The van der Waals surface area contributed by atoms with Crippen molar-refractivity contribution in [2.45, 2.75) is 37.9 Å². The molecule has 126 valence electrons. The van der Waals surface area contributed by atoms with E-state index in [4.69, 9.17) is 9.47 Å². The molecule has 1 saturated carbocycles. The van der Waals surface area contributed by atoms with Crippen LogP contribution in [0.5, 0.6) is 5.75 Å². The minimum atomic E-state index is -1.20. The van der Waals surface area contributed by atoms with Crippen molar-refractivity contribution in [1.29, 1.82) is 0 Å². The number of hydrogen-bond donors (Lipinski definition) is 1. The van der Waals surface area contributed by atoms with Gasteiger partial charge in [0.05, 0.1) is 4.92 Å². The first-order chi connectivity index (χ1) is 11.4. The zero-order valence-electron chi connectivity index (χ0n) is 12.7. The molecule has 1 spiro atoms. The second kappa shape index (κ2) is 5.95. The summed E-state index contributed by atoms with van der Waals surface area (Å²) in [5.41, 5.74) is -0.712. The molecular weight excluding hydrogens is 318 g/mol. The Labute approximate surface area is 136 Å². The summed E-state index contributed by atoms with van der Waals surface area (Å²) in [6, 6.07) is 3.30. The molecule has 0 aromatic heterocycles. The molecule has 1 saturated heterocycles. The average Bonchev–Trinajstić information content (AvgIpc) is 2.53. The summed E-state index contributed by atoms with van der Waals surface area (Å²) in [6.45, 7) is 0. The van der Waals surface area contributed by atoms with Crippen LogP contribution in [0.4, 0.5) is 5.69 Å². The fourth-order valence-electron chi connectivity index (χ4n) is 2.89. The monoisotopic (exact) mass is 333 g/mol. The molecule has 1 aromatic carbocycles. The van der Waals surface area contributed by atoms with Crippen LogP contribution < -0.4 is 0 Å². The van der Waals surface area contributed by atoms with Gasteiger partial charge in [-0.15, -0.1) is 0 Å². The van der Waals surface area contributed by atoms with E-state index in [-0.39, 0.29) is 17.0 Å². The van der Waals surface area contributed by atoms with E-state index in [0.29, 0.717) is 12.8 Å². The molecule has 0 bridgehead atoms. The molecule has 0 atom stereocenters. The highest BCUT2D eigenvalue weighted by Gasteiger charge is 2.46. The smallest absolute Gasteiger partial charge is 0.348 e. The number of non-ortho nitro benzene ring substituents is 1. The highest BCUT2D eigenvalue weighted by Crippen LogP contribution is 2.37. The van der Waals surface area contributed by atoms with Crippen LogP contribution in [-0.2, 0) is 19.1 Å². The number of nitro benzene ring substituents is 1. The molecule has 1 aromatic rings. The molecule has 2 fully saturated rings. The number of hydrogen-bond acceptors (Lipinski definition) is 7. The molecule has 1 N–H and O–H groups in total. The Balaban J connectivity index is 1.91. The number of rotatable bonds is 2. The van der Waals surface area contributed by atoms with Crippen molar-refractivity contribution in [2.75, 3.05) is 0 Å². The lowest BCUT2D eigenvalue weighted by molar-refractivity contribution is -0.384. The van der Waals surface area contributed by atoms with E-state index in [9.17, 15) is 24.8 Å². The third kappa shape index (κ3) is 2.94. The Morgan fingerprint density at radius 2 is 1.75 bits per heavy atom. The van der Waals surface area contributed by atoms with Crippen LogP contribution in [-0.4, -0.2) is 27.8 Å². The van der Waals surface area contributed by atoms with Gasteiger partial charge in [0.1, 0.15) is 11.3 Å². The number of aromatic hydroxyl groups is 1. The summed E-state index contributed by atoms with van der Waals surface area (Å²) >= 11 is 0. The number of esters is 2. The Bertz CT molecular complexity index is 725. The highest BCUT2D eigenvalue weighted by atomic mass is 16.7. The molecule has 8 heteroatoms. The van der Waals surface area contributed by atoms with Crippen molar-refractivity contribution < 1.29 is 29.1 Å². The predicted octanol–water partition coefficient (Wildman–Crippen LogP) is 2.44. The van der Waals surface area contributed by atoms with Crippen LogP contribution in [0.15, 0.2) is 23.8 Å². The van der Waals surface area contributed by atoms with Crippen molar-refractivity contribution in [1.82, 2.24) is 0 Å². The Morgan fingerprint density at radius 1 is 1.12 bits per heavy atom. The fraction of sp³-hybridized carbons (Fsp3) is 0.375. The first-order valence-corrected chi connectivity index (χ1v) is 7.56. The third-order valence-corrected chi connectivity index (χ3v) is 4.13.